The molecule has 224 valence electrons. The van der Waals surface area contributed by atoms with Crippen LogP contribution in [0.4, 0.5) is 5.82 Å². The van der Waals surface area contributed by atoms with Crippen molar-refractivity contribution in [1.29, 1.82) is 0 Å². The summed E-state index contributed by atoms with van der Waals surface area (Å²) in [7, 11) is 0. The zero-order valence-electron chi connectivity index (χ0n) is 25.2. The lowest BCUT2D eigenvalue weighted by Gasteiger charge is -2.35. The summed E-state index contributed by atoms with van der Waals surface area (Å²) in [6.07, 6.45) is 10.2. The van der Waals surface area contributed by atoms with E-state index < -0.39 is 0 Å². The van der Waals surface area contributed by atoms with Crippen LogP contribution >= 0.6 is 11.6 Å². The highest BCUT2D eigenvalue weighted by atomic mass is 35.5. The highest BCUT2D eigenvalue weighted by Gasteiger charge is 2.23. The molecule has 0 saturated heterocycles. The van der Waals surface area contributed by atoms with E-state index in [0.717, 1.165) is 40.0 Å². The van der Waals surface area contributed by atoms with Gasteiger partial charge in [0.05, 0.1) is 5.52 Å². The van der Waals surface area contributed by atoms with E-state index in [9.17, 15) is 0 Å². The van der Waals surface area contributed by atoms with Crippen LogP contribution in [-0.2, 0) is 13.2 Å². The minimum absolute atomic E-state index is 0.446. The van der Waals surface area contributed by atoms with Crippen LogP contribution in [-0.4, -0.2) is 22.6 Å². The van der Waals surface area contributed by atoms with Gasteiger partial charge in [0.2, 0.25) is 0 Å². The Hall–Kier alpha value is -4.35. The summed E-state index contributed by atoms with van der Waals surface area (Å²) >= 11 is 6.41. The standard InChI is InChI=1S/C38H38ClN3O2/c1-2-42(32-16-10-5-11-17-32)38-33-21-20-31(39)25-34(33)40-37(41-38)23-19-28-18-22-35(43-26-29-12-6-3-7-13-29)36(24-28)44-27-30-14-8-4-9-15-30/h3-4,6-9,12-15,18-25,32H,2,5,10-11,16-17,26-27H2,1H3. The van der Waals surface area contributed by atoms with Gasteiger partial charge < -0.3 is 14.4 Å². The van der Waals surface area contributed by atoms with Gasteiger partial charge in [-0.15, -0.1) is 0 Å². The van der Waals surface area contributed by atoms with E-state index in [1.165, 1.54) is 32.1 Å². The fourth-order valence-electron chi connectivity index (χ4n) is 5.87. The number of nitrogens with zero attached hydrogens (tertiary/aromatic N) is 3. The monoisotopic (exact) mass is 603 g/mol. The second-order valence-corrected chi connectivity index (χ2v) is 11.7. The summed E-state index contributed by atoms with van der Waals surface area (Å²) in [6, 6.07) is 32.7. The van der Waals surface area contributed by atoms with Crippen molar-refractivity contribution in [3.05, 3.63) is 125 Å². The molecule has 0 bridgehead atoms. The molecular formula is C38H38ClN3O2. The van der Waals surface area contributed by atoms with E-state index in [1.54, 1.807) is 0 Å². The fourth-order valence-corrected chi connectivity index (χ4v) is 6.04. The molecule has 0 atom stereocenters. The van der Waals surface area contributed by atoms with Gasteiger partial charge in [0.25, 0.3) is 0 Å². The van der Waals surface area contributed by atoms with Crippen molar-refractivity contribution in [2.45, 2.75) is 58.3 Å². The molecule has 0 unspecified atom stereocenters. The van der Waals surface area contributed by atoms with Crippen LogP contribution in [0, 0.1) is 0 Å². The molecule has 1 fully saturated rings. The summed E-state index contributed by atoms with van der Waals surface area (Å²) in [4.78, 5) is 12.4. The molecule has 1 saturated carbocycles. The topological polar surface area (TPSA) is 47.5 Å². The van der Waals surface area contributed by atoms with E-state index in [0.29, 0.717) is 41.6 Å². The Morgan fingerprint density at radius 3 is 2.11 bits per heavy atom. The van der Waals surface area contributed by atoms with Crippen molar-refractivity contribution in [3.63, 3.8) is 0 Å². The lowest BCUT2D eigenvalue weighted by atomic mass is 9.94. The predicted octanol–water partition coefficient (Wildman–Crippen LogP) is 9.77. The molecule has 1 aliphatic rings. The minimum Gasteiger partial charge on any atom is -0.485 e. The van der Waals surface area contributed by atoms with Gasteiger partial charge in [0.15, 0.2) is 17.3 Å². The van der Waals surface area contributed by atoms with Crippen LogP contribution in [0.3, 0.4) is 0 Å². The van der Waals surface area contributed by atoms with E-state index in [1.807, 2.05) is 78.9 Å². The number of benzene rings is 4. The average molecular weight is 604 g/mol. The Morgan fingerprint density at radius 1 is 0.750 bits per heavy atom. The molecule has 44 heavy (non-hydrogen) atoms. The van der Waals surface area contributed by atoms with Crippen molar-refractivity contribution in [2.75, 3.05) is 11.4 Å². The molecule has 1 heterocycles. The first-order valence-electron chi connectivity index (χ1n) is 15.6. The summed E-state index contributed by atoms with van der Waals surface area (Å²) in [5, 5.41) is 1.71. The minimum atomic E-state index is 0.446. The molecule has 0 spiro atoms. The number of rotatable bonds is 11. The van der Waals surface area contributed by atoms with Crippen LogP contribution in [0.15, 0.2) is 97.1 Å². The first kappa shape index (κ1) is 29.7. The number of fused-ring (bicyclic) bond motifs is 1. The lowest BCUT2D eigenvalue weighted by Crippen LogP contribution is -2.37. The van der Waals surface area contributed by atoms with Gasteiger partial charge in [-0.2, -0.15) is 0 Å². The number of anilines is 1. The van der Waals surface area contributed by atoms with E-state index in [-0.39, 0.29) is 0 Å². The molecule has 1 aliphatic carbocycles. The maximum Gasteiger partial charge on any atom is 0.162 e. The van der Waals surface area contributed by atoms with Gasteiger partial charge in [-0.1, -0.05) is 104 Å². The first-order chi connectivity index (χ1) is 21.7. The molecule has 0 radical (unpaired) electrons. The summed E-state index contributed by atoms with van der Waals surface area (Å²) < 4.78 is 12.5. The third-order valence-electron chi connectivity index (χ3n) is 8.15. The Labute approximate surface area is 265 Å². The molecule has 0 N–H and O–H groups in total. The Balaban J connectivity index is 1.30. The second kappa shape index (κ2) is 14.4. The normalized spacial score (nSPS) is 13.8. The van der Waals surface area contributed by atoms with Gasteiger partial charge in [-0.05, 0) is 72.9 Å². The maximum absolute atomic E-state index is 6.41. The quantitative estimate of drug-likeness (QED) is 0.150. The van der Waals surface area contributed by atoms with E-state index in [4.69, 9.17) is 31.0 Å². The third-order valence-corrected chi connectivity index (χ3v) is 8.39. The Kier molecular flexibility index (Phi) is 9.73. The summed E-state index contributed by atoms with van der Waals surface area (Å²) in [6.45, 7) is 4.02. The number of hydrogen-bond acceptors (Lipinski definition) is 5. The maximum atomic E-state index is 6.41. The molecule has 6 heteroatoms. The highest BCUT2D eigenvalue weighted by molar-refractivity contribution is 6.31. The molecule has 4 aromatic carbocycles. The number of halogens is 1. The fraction of sp³-hybridized carbons (Fsp3) is 0.263. The molecule has 6 rings (SSSR count). The molecular weight excluding hydrogens is 566 g/mol. The third kappa shape index (κ3) is 7.40. The van der Waals surface area contributed by atoms with Gasteiger partial charge in [-0.25, -0.2) is 9.97 Å². The van der Waals surface area contributed by atoms with Crippen LogP contribution in [0.5, 0.6) is 11.5 Å². The van der Waals surface area contributed by atoms with E-state index in [2.05, 4.69) is 42.2 Å². The van der Waals surface area contributed by atoms with Gasteiger partial charge in [-0.3, -0.25) is 0 Å². The van der Waals surface area contributed by atoms with Crippen LogP contribution in [0.25, 0.3) is 23.1 Å². The summed E-state index contributed by atoms with van der Waals surface area (Å²) in [5.74, 6) is 3.03. The van der Waals surface area contributed by atoms with Gasteiger partial charge in [0, 0.05) is 23.0 Å². The SMILES string of the molecule is CCN(c1nc(C=Cc2ccc(OCc3ccccc3)c(OCc3ccccc3)c2)nc2cc(Cl)ccc12)C1CCCCC1. The van der Waals surface area contributed by atoms with Gasteiger partial charge in [0.1, 0.15) is 19.0 Å². The Bertz CT molecular complexity index is 1700. The second-order valence-electron chi connectivity index (χ2n) is 11.2. The van der Waals surface area contributed by atoms with Crippen LogP contribution < -0.4 is 14.4 Å². The molecule has 0 aliphatic heterocycles. The number of ether oxygens (including phenoxy) is 2. The van der Waals surface area contributed by atoms with Crippen molar-refractivity contribution in [2.24, 2.45) is 0 Å². The Morgan fingerprint density at radius 2 is 1.43 bits per heavy atom. The van der Waals surface area contributed by atoms with Crippen molar-refractivity contribution >= 4 is 40.5 Å². The molecule has 0 amide bonds. The van der Waals surface area contributed by atoms with Crippen molar-refractivity contribution in [1.82, 2.24) is 9.97 Å². The van der Waals surface area contributed by atoms with Crippen molar-refractivity contribution < 1.29 is 9.47 Å². The average Bonchev–Trinajstić information content (AvgIpc) is 3.07. The summed E-state index contributed by atoms with van der Waals surface area (Å²) in [5.41, 5.74) is 4.02. The van der Waals surface area contributed by atoms with Crippen molar-refractivity contribution in [3.8, 4) is 11.5 Å². The molecule has 1 aromatic heterocycles. The lowest BCUT2D eigenvalue weighted by molar-refractivity contribution is 0.256. The van der Waals surface area contributed by atoms with E-state index >= 15 is 0 Å². The first-order valence-corrected chi connectivity index (χ1v) is 15.9. The molecule has 5 aromatic rings. The number of aromatic nitrogens is 2. The van der Waals surface area contributed by atoms with Crippen LogP contribution in [0.2, 0.25) is 5.02 Å². The highest BCUT2D eigenvalue weighted by Crippen LogP contribution is 2.33. The predicted molar refractivity (Wildman–Crippen MR) is 181 cm³/mol. The van der Waals surface area contributed by atoms with Crippen LogP contribution in [0.1, 0.15) is 61.5 Å². The van der Waals surface area contributed by atoms with Gasteiger partial charge >= 0.3 is 0 Å². The molecule has 5 nitrogen and oxygen atoms in total. The number of hydrogen-bond donors (Lipinski definition) is 0. The smallest absolute Gasteiger partial charge is 0.162 e. The zero-order chi connectivity index (χ0) is 30.1. The largest absolute Gasteiger partial charge is 0.485 e. The zero-order valence-corrected chi connectivity index (χ0v) is 25.9.